The largest absolute Gasteiger partial charge is 0.237 e. The molecule has 4 aliphatic carbocycles. The summed E-state index contributed by atoms with van der Waals surface area (Å²) in [5, 5.41) is 5.00. The fourth-order valence-electron chi connectivity index (χ4n) is 11.0. The average Bonchev–Trinajstić information content (AvgIpc) is 3.43. The molecule has 0 aliphatic heterocycles. The normalized spacial score (nSPS) is 35.8. The molecule has 1 heterocycles. The lowest BCUT2D eigenvalue weighted by Gasteiger charge is -2.61. The van der Waals surface area contributed by atoms with Crippen LogP contribution in [0.15, 0.2) is 47.7 Å². The van der Waals surface area contributed by atoms with Crippen molar-refractivity contribution in [2.45, 2.75) is 125 Å². The Kier molecular flexibility index (Phi) is 6.56. The number of fused-ring (bicyclic) bond motifs is 5. The van der Waals surface area contributed by atoms with Gasteiger partial charge in [-0.3, -0.25) is 0 Å². The zero-order valence-electron chi connectivity index (χ0n) is 26.2. The Morgan fingerprint density at radius 2 is 1.64 bits per heavy atom. The third-order valence-electron chi connectivity index (χ3n) is 13.1. The molecule has 0 N–H and O–H groups in total. The third-order valence-corrected chi connectivity index (χ3v) is 13.1. The Bertz CT molecular complexity index is 1250. The van der Waals surface area contributed by atoms with Crippen LogP contribution in [0.5, 0.6) is 0 Å². The van der Waals surface area contributed by atoms with Gasteiger partial charge in [-0.25, -0.2) is 4.68 Å². The maximum absolute atomic E-state index is 5.00. The van der Waals surface area contributed by atoms with Gasteiger partial charge in [-0.05, 0) is 103 Å². The lowest BCUT2D eigenvalue weighted by atomic mass is 9.43. The van der Waals surface area contributed by atoms with Crippen LogP contribution in [0.25, 0.3) is 5.69 Å². The minimum absolute atomic E-state index is 0.0952. The van der Waals surface area contributed by atoms with E-state index in [0.29, 0.717) is 16.7 Å². The number of hydrogen-bond acceptors (Lipinski definition) is 1. The number of rotatable bonds is 6. The van der Waals surface area contributed by atoms with E-state index in [1.807, 2.05) is 11.1 Å². The molecule has 1 fully saturated rings. The van der Waals surface area contributed by atoms with E-state index in [1.54, 1.807) is 0 Å². The first-order chi connectivity index (χ1) is 18.4. The Labute approximate surface area is 239 Å². The number of para-hydroxylation sites is 1. The molecule has 2 heteroatoms. The standard InChI is InChI=1S/C37H54N2/c1-25(2)13-12-14-26(3)29-19-21-37(8)31-17-18-32-34(4,5)33-27(24-38-39(33)28-15-10-9-11-16-28)23-35(32,6)30(31)20-22-36(29,37)7/h9-11,15-16,24-26,29,32H,12-14,17-23H2,1-8H3/t26-,29+,32+,35-,36-,37+/m1/s1. The number of benzene rings is 1. The molecule has 1 aromatic heterocycles. The first-order valence-electron chi connectivity index (χ1n) is 16.3. The van der Waals surface area contributed by atoms with Gasteiger partial charge in [0.05, 0.1) is 17.6 Å². The van der Waals surface area contributed by atoms with Gasteiger partial charge in [0, 0.05) is 5.41 Å². The Hall–Kier alpha value is -1.83. The second kappa shape index (κ2) is 9.35. The number of allylic oxidation sites excluding steroid dienone is 2. The van der Waals surface area contributed by atoms with Gasteiger partial charge in [0.1, 0.15) is 0 Å². The van der Waals surface area contributed by atoms with Gasteiger partial charge in [-0.1, -0.05) is 104 Å². The van der Waals surface area contributed by atoms with Crippen LogP contribution in [0, 0.1) is 39.9 Å². The fraction of sp³-hybridized carbons (Fsp3) is 0.703. The van der Waals surface area contributed by atoms with Crippen molar-refractivity contribution in [1.82, 2.24) is 9.78 Å². The minimum Gasteiger partial charge on any atom is -0.237 e. The summed E-state index contributed by atoms with van der Waals surface area (Å²) in [4.78, 5) is 0. The molecule has 0 bridgehead atoms. The Morgan fingerprint density at radius 3 is 2.36 bits per heavy atom. The smallest absolute Gasteiger partial charge is 0.0649 e. The first-order valence-corrected chi connectivity index (χ1v) is 16.3. The summed E-state index contributed by atoms with van der Waals surface area (Å²) in [6.07, 6.45) is 15.8. The summed E-state index contributed by atoms with van der Waals surface area (Å²) in [6.45, 7) is 20.5. The molecule has 0 spiro atoms. The van der Waals surface area contributed by atoms with Gasteiger partial charge < -0.3 is 0 Å². The minimum atomic E-state index is 0.0952. The van der Waals surface area contributed by atoms with Crippen molar-refractivity contribution in [1.29, 1.82) is 0 Å². The van der Waals surface area contributed by atoms with Gasteiger partial charge >= 0.3 is 0 Å². The summed E-state index contributed by atoms with van der Waals surface area (Å²) in [7, 11) is 0. The van der Waals surface area contributed by atoms with Crippen LogP contribution in [0.2, 0.25) is 0 Å². The van der Waals surface area contributed by atoms with Crippen molar-refractivity contribution in [2.75, 3.05) is 0 Å². The molecule has 212 valence electrons. The molecular formula is C37H54N2. The van der Waals surface area contributed by atoms with Crippen LogP contribution in [0.1, 0.15) is 124 Å². The maximum atomic E-state index is 5.00. The first kappa shape index (κ1) is 27.3. The molecule has 0 unspecified atom stereocenters. The molecule has 2 aromatic rings. The van der Waals surface area contributed by atoms with Crippen molar-refractivity contribution >= 4 is 0 Å². The van der Waals surface area contributed by atoms with E-state index >= 15 is 0 Å². The highest BCUT2D eigenvalue weighted by atomic mass is 15.3. The van der Waals surface area contributed by atoms with Crippen molar-refractivity contribution < 1.29 is 0 Å². The van der Waals surface area contributed by atoms with E-state index in [4.69, 9.17) is 5.10 Å². The maximum Gasteiger partial charge on any atom is 0.0649 e. The van der Waals surface area contributed by atoms with Gasteiger partial charge in [0.25, 0.3) is 0 Å². The monoisotopic (exact) mass is 526 g/mol. The van der Waals surface area contributed by atoms with Gasteiger partial charge in [0.2, 0.25) is 0 Å². The van der Waals surface area contributed by atoms with Crippen LogP contribution < -0.4 is 0 Å². The Morgan fingerprint density at radius 1 is 0.897 bits per heavy atom. The van der Waals surface area contributed by atoms with Crippen LogP contribution >= 0.6 is 0 Å². The molecule has 0 saturated heterocycles. The topological polar surface area (TPSA) is 17.8 Å². The third kappa shape index (κ3) is 3.89. The van der Waals surface area contributed by atoms with Crippen molar-refractivity contribution in [3.05, 3.63) is 58.9 Å². The zero-order chi connectivity index (χ0) is 27.8. The second-order valence-electron chi connectivity index (χ2n) is 15.8. The van der Waals surface area contributed by atoms with Crippen molar-refractivity contribution in [3.63, 3.8) is 0 Å². The summed E-state index contributed by atoms with van der Waals surface area (Å²) in [5.41, 5.74) is 9.11. The van der Waals surface area contributed by atoms with Crippen LogP contribution in [-0.2, 0) is 11.8 Å². The summed E-state index contributed by atoms with van der Waals surface area (Å²) in [6, 6.07) is 10.8. The summed E-state index contributed by atoms with van der Waals surface area (Å²) >= 11 is 0. The number of nitrogens with zero attached hydrogens (tertiary/aromatic N) is 2. The molecule has 1 saturated carbocycles. The van der Waals surface area contributed by atoms with Gasteiger partial charge in [-0.2, -0.15) is 5.10 Å². The fourth-order valence-corrected chi connectivity index (χ4v) is 11.0. The highest BCUT2D eigenvalue weighted by Gasteiger charge is 2.63. The van der Waals surface area contributed by atoms with Gasteiger partial charge in [-0.15, -0.1) is 0 Å². The van der Waals surface area contributed by atoms with E-state index < -0.39 is 0 Å². The van der Waals surface area contributed by atoms with Crippen molar-refractivity contribution in [3.8, 4) is 5.69 Å². The molecule has 6 rings (SSSR count). The second-order valence-corrected chi connectivity index (χ2v) is 15.8. The molecule has 4 aliphatic rings. The van der Waals surface area contributed by atoms with E-state index in [1.165, 1.54) is 74.7 Å². The number of aromatic nitrogens is 2. The molecule has 0 amide bonds. The van der Waals surface area contributed by atoms with E-state index in [2.05, 4.69) is 96.6 Å². The average molecular weight is 527 g/mol. The number of hydrogen-bond donors (Lipinski definition) is 0. The summed E-state index contributed by atoms with van der Waals surface area (Å²) in [5.74, 6) is 3.23. The van der Waals surface area contributed by atoms with Crippen LogP contribution in [0.4, 0.5) is 0 Å². The molecule has 39 heavy (non-hydrogen) atoms. The Balaban J connectivity index is 1.35. The molecule has 2 nitrogen and oxygen atoms in total. The zero-order valence-corrected chi connectivity index (χ0v) is 26.2. The lowest BCUT2D eigenvalue weighted by Crippen LogP contribution is -2.54. The van der Waals surface area contributed by atoms with Crippen molar-refractivity contribution in [2.24, 2.45) is 39.9 Å². The van der Waals surface area contributed by atoms with E-state index in [9.17, 15) is 0 Å². The SMILES string of the molecule is CC(C)CCC[C@@H](C)[C@@H]1CC[C@@]2(C)C3=C(CC[C@]12C)[C@@]1(C)Cc2cnn(-c4ccccc4)c2C(C)(C)[C@@H]1CC3. The van der Waals surface area contributed by atoms with Gasteiger partial charge in [0.15, 0.2) is 0 Å². The molecule has 6 atom stereocenters. The van der Waals surface area contributed by atoms with E-state index in [-0.39, 0.29) is 10.8 Å². The van der Waals surface area contributed by atoms with E-state index in [0.717, 1.165) is 24.2 Å². The highest BCUT2D eigenvalue weighted by Crippen LogP contribution is 2.72. The predicted octanol–water partition coefficient (Wildman–Crippen LogP) is 10.1. The molecular weight excluding hydrogens is 472 g/mol. The highest BCUT2D eigenvalue weighted by molar-refractivity contribution is 5.46. The molecule has 0 radical (unpaired) electrons. The predicted molar refractivity (Wildman–Crippen MR) is 164 cm³/mol. The summed E-state index contributed by atoms with van der Waals surface area (Å²) < 4.78 is 2.26. The molecule has 1 aromatic carbocycles. The van der Waals surface area contributed by atoms with Crippen LogP contribution in [0.3, 0.4) is 0 Å². The lowest BCUT2D eigenvalue weighted by molar-refractivity contribution is 0.0133. The van der Waals surface area contributed by atoms with Crippen LogP contribution in [-0.4, -0.2) is 9.78 Å². The quantitative estimate of drug-likeness (QED) is 0.342.